The number of aromatic carboxylic acids is 1. The third kappa shape index (κ3) is 1.42. The molecular weight excluding hydrogens is 182 g/mol. The first-order chi connectivity index (χ1) is 6.72. The number of aryl methyl sites for hydroxylation is 1. The number of hydrogen-bond donors (Lipinski definition) is 2. The van der Waals surface area contributed by atoms with E-state index >= 15 is 0 Å². The van der Waals surface area contributed by atoms with Crippen molar-refractivity contribution < 1.29 is 14.6 Å². The molecule has 4 nitrogen and oxygen atoms in total. The average Bonchev–Trinajstić information content (AvgIpc) is 2.67. The molecule has 1 aromatic heterocycles. The Labute approximate surface area is 81.9 Å². The molecular formula is C10H13NO3. The topological polar surface area (TPSA) is 62.3 Å². The van der Waals surface area contributed by atoms with Crippen LogP contribution in [-0.4, -0.2) is 22.7 Å². The lowest BCUT2D eigenvalue weighted by molar-refractivity contribution is 0.0606. The van der Waals surface area contributed by atoms with Crippen molar-refractivity contribution in [3.8, 4) is 0 Å². The van der Waals surface area contributed by atoms with Crippen molar-refractivity contribution >= 4 is 5.97 Å². The van der Waals surface area contributed by atoms with Crippen molar-refractivity contribution in [3.05, 3.63) is 23.0 Å². The number of hydrogen-bond acceptors (Lipinski definition) is 2. The van der Waals surface area contributed by atoms with Gasteiger partial charge in [-0.15, -0.1) is 0 Å². The van der Waals surface area contributed by atoms with Crippen LogP contribution in [0.15, 0.2) is 6.07 Å². The van der Waals surface area contributed by atoms with Crippen LogP contribution >= 0.6 is 0 Å². The van der Waals surface area contributed by atoms with Gasteiger partial charge in [0.15, 0.2) is 0 Å². The number of rotatable bonds is 3. The Hall–Kier alpha value is -1.29. The van der Waals surface area contributed by atoms with Crippen LogP contribution in [0.3, 0.4) is 0 Å². The Bertz CT molecular complexity index is 356. The molecule has 1 aliphatic rings. The molecule has 4 heteroatoms. The van der Waals surface area contributed by atoms with Crippen molar-refractivity contribution in [3.63, 3.8) is 0 Å². The predicted molar refractivity (Wildman–Crippen MR) is 50.4 cm³/mol. The first kappa shape index (κ1) is 9.27. The van der Waals surface area contributed by atoms with E-state index in [1.165, 1.54) is 0 Å². The summed E-state index contributed by atoms with van der Waals surface area (Å²) in [6, 6.07) is 1.71. The summed E-state index contributed by atoms with van der Waals surface area (Å²) in [5.41, 5.74) is 2.30. The van der Waals surface area contributed by atoms with Crippen molar-refractivity contribution in [1.29, 1.82) is 0 Å². The van der Waals surface area contributed by atoms with Gasteiger partial charge in [0.2, 0.25) is 0 Å². The highest BCUT2D eigenvalue weighted by Gasteiger charge is 2.26. The van der Waals surface area contributed by atoms with Crippen molar-refractivity contribution in [2.45, 2.75) is 25.9 Å². The summed E-state index contributed by atoms with van der Waals surface area (Å²) in [6.07, 6.45) is 1.92. The van der Waals surface area contributed by atoms with Crippen LogP contribution in [0.1, 0.15) is 41.2 Å². The fourth-order valence-electron chi connectivity index (χ4n) is 1.92. The smallest absolute Gasteiger partial charge is 0.352 e. The maximum atomic E-state index is 10.7. The molecule has 0 spiro atoms. The first-order valence-electron chi connectivity index (χ1n) is 4.79. The molecule has 1 atom stereocenters. The minimum Gasteiger partial charge on any atom is -0.477 e. The molecule has 0 radical (unpaired) electrons. The summed E-state index contributed by atoms with van der Waals surface area (Å²) in [5, 5.41) is 8.79. The summed E-state index contributed by atoms with van der Waals surface area (Å²) >= 11 is 0. The molecule has 0 fully saturated rings. The van der Waals surface area contributed by atoms with Gasteiger partial charge < -0.3 is 14.8 Å². The van der Waals surface area contributed by atoms with Crippen LogP contribution in [0.5, 0.6) is 0 Å². The minimum atomic E-state index is -0.908. The van der Waals surface area contributed by atoms with Crippen LogP contribution in [0.25, 0.3) is 0 Å². The molecule has 1 aliphatic carbocycles. The lowest BCUT2D eigenvalue weighted by Crippen LogP contribution is -2.03. The van der Waals surface area contributed by atoms with Crippen LogP contribution in [0.4, 0.5) is 0 Å². The molecule has 76 valence electrons. The van der Waals surface area contributed by atoms with Crippen molar-refractivity contribution in [1.82, 2.24) is 4.98 Å². The third-order valence-corrected chi connectivity index (χ3v) is 2.53. The van der Waals surface area contributed by atoms with E-state index in [2.05, 4.69) is 4.98 Å². The second-order valence-electron chi connectivity index (χ2n) is 3.41. The van der Waals surface area contributed by atoms with Gasteiger partial charge in [0, 0.05) is 12.3 Å². The summed E-state index contributed by atoms with van der Waals surface area (Å²) in [7, 11) is 0. The van der Waals surface area contributed by atoms with E-state index in [-0.39, 0.29) is 11.8 Å². The minimum absolute atomic E-state index is 0.0584. The zero-order valence-corrected chi connectivity index (χ0v) is 8.04. The van der Waals surface area contributed by atoms with E-state index in [1.54, 1.807) is 6.07 Å². The lowest BCUT2D eigenvalue weighted by atomic mass is 10.2. The fourth-order valence-corrected chi connectivity index (χ4v) is 1.92. The Morgan fingerprint density at radius 3 is 3.21 bits per heavy atom. The number of ether oxygens (including phenoxy) is 1. The van der Waals surface area contributed by atoms with Gasteiger partial charge in [-0.2, -0.15) is 0 Å². The molecule has 0 aliphatic heterocycles. The molecule has 1 heterocycles. The van der Waals surface area contributed by atoms with E-state index in [4.69, 9.17) is 9.84 Å². The van der Waals surface area contributed by atoms with Gasteiger partial charge >= 0.3 is 5.97 Å². The normalized spacial score (nSPS) is 19.6. The second-order valence-corrected chi connectivity index (χ2v) is 3.41. The quantitative estimate of drug-likeness (QED) is 0.772. The number of fused-ring (bicyclic) bond motifs is 1. The molecule has 2 rings (SSSR count). The van der Waals surface area contributed by atoms with E-state index < -0.39 is 5.97 Å². The number of aromatic amines is 1. The number of carboxylic acids is 1. The number of aromatic nitrogens is 1. The van der Waals surface area contributed by atoms with Crippen LogP contribution < -0.4 is 0 Å². The van der Waals surface area contributed by atoms with Crippen LogP contribution in [-0.2, 0) is 11.2 Å². The van der Waals surface area contributed by atoms with Gasteiger partial charge in [0.05, 0.1) is 6.10 Å². The Balaban J connectivity index is 2.26. The third-order valence-electron chi connectivity index (χ3n) is 2.53. The standard InChI is InChI=1S/C10H13NO3/c1-2-14-8-4-3-6-5-7(10(12)13)11-9(6)8/h5,8,11H,2-4H2,1H3,(H,12,13)/t8-/m1/s1. The van der Waals surface area contributed by atoms with Gasteiger partial charge in [-0.3, -0.25) is 0 Å². The van der Waals surface area contributed by atoms with E-state index in [9.17, 15) is 4.79 Å². The summed E-state index contributed by atoms with van der Waals surface area (Å²) in [4.78, 5) is 13.6. The fraction of sp³-hybridized carbons (Fsp3) is 0.500. The largest absolute Gasteiger partial charge is 0.477 e. The highest BCUT2D eigenvalue weighted by Crippen LogP contribution is 2.33. The number of H-pyrrole nitrogens is 1. The van der Waals surface area contributed by atoms with Gasteiger partial charge in [0.25, 0.3) is 0 Å². The predicted octanol–water partition coefficient (Wildman–Crippen LogP) is 1.74. The Morgan fingerprint density at radius 2 is 2.57 bits per heavy atom. The van der Waals surface area contributed by atoms with Gasteiger partial charge in [0.1, 0.15) is 5.69 Å². The molecule has 0 saturated carbocycles. The van der Waals surface area contributed by atoms with Gasteiger partial charge in [-0.05, 0) is 31.4 Å². The van der Waals surface area contributed by atoms with E-state index in [1.807, 2.05) is 6.92 Å². The lowest BCUT2D eigenvalue weighted by Gasteiger charge is -2.09. The van der Waals surface area contributed by atoms with Crippen LogP contribution in [0.2, 0.25) is 0 Å². The summed E-state index contributed by atoms with van der Waals surface area (Å²) in [5.74, 6) is -0.908. The highest BCUT2D eigenvalue weighted by atomic mass is 16.5. The molecule has 2 N–H and O–H groups in total. The van der Waals surface area contributed by atoms with Gasteiger partial charge in [-0.25, -0.2) is 4.79 Å². The average molecular weight is 195 g/mol. The Morgan fingerprint density at radius 1 is 1.79 bits per heavy atom. The number of nitrogens with one attached hydrogen (secondary N) is 1. The number of carboxylic acid groups (broad SMARTS) is 1. The van der Waals surface area contributed by atoms with Crippen LogP contribution in [0, 0.1) is 0 Å². The van der Waals surface area contributed by atoms with E-state index in [0.717, 1.165) is 24.1 Å². The molecule has 14 heavy (non-hydrogen) atoms. The van der Waals surface area contributed by atoms with Crippen molar-refractivity contribution in [2.75, 3.05) is 6.61 Å². The van der Waals surface area contributed by atoms with E-state index in [0.29, 0.717) is 6.61 Å². The molecule has 0 saturated heterocycles. The summed E-state index contributed by atoms with van der Waals surface area (Å²) in [6.45, 7) is 2.60. The Kier molecular flexibility index (Phi) is 2.29. The zero-order chi connectivity index (χ0) is 10.1. The molecule has 0 bridgehead atoms. The zero-order valence-electron chi connectivity index (χ0n) is 8.04. The second kappa shape index (κ2) is 3.46. The number of carbonyl (C=O) groups is 1. The monoisotopic (exact) mass is 195 g/mol. The molecule has 1 aromatic rings. The first-order valence-corrected chi connectivity index (χ1v) is 4.79. The molecule has 0 aromatic carbocycles. The highest BCUT2D eigenvalue weighted by molar-refractivity contribution is 5.86. The maximum absolute atomic E-state index is 10.7. The SMILES string of the molecule is CCO[C@@H]1CCc2cc(C(=O)O)[nH]c21. The molecule has 0 amide bonds. The molecule has 0 unspecified atom stereocenters. The van der Waals surface area contributed by atoms with Gasteiger partial charge in [-0.1, -0.05) is 0 Å². The van der Waals surface area contributed by atoms with Crippen molar-refractivity contribution in [2.24, 2.45) is 0 Å². The maximum Gasteiger partial charge on any atom is 0.352 e. The summed E-state index contributed by atoms with van der Waals surface area (Å²) < 4.78 is 5.50.